The summed E-state index contributed by atoms with van der Waals surface area (Å²) in [6.07, 6.45) is 8.05. The number of hydrogen-bond donors (Lipinski definition) is 1. The van der Waals surface area contributed by atoms with Crippen LogP contribution in [0.1, 0.15) is 38.5 Å². The smallest absolute Gasteiger partial charge is 0.0434 e. The van der Waals surface area contributed by atoms with Crippen molar-refractivity contribution in [3.8, 4) is 0 Å². The molecule has 1 aliphatic heterocycles. The van der Waals surface area contributed by atoms with Gasteiger partial charge in [-0.1, -0.05) is 12.8 Å². The summed E-state index contributed by atoms with van der Waals surface area (Å²) in [5.41, 5.74) is 0. The highest BCUT2D eigenvalue weighted by Gasteiger charge is 2.29. The van der Waals surface area contributed by atoms with Crippen molar-refractivity contribution >= 4 is 0 Å². The minimum atomic E-state index is 0.378. The fourth-order valence-corrected chi connectivity index (χ4v) is 2.88. The van der Waals surface area contributed by atoms with Crippen LogP contribution in [0.25, 0.3) is 0 Å². The number of nitrogens with zero attached hydrogens (tertiary/aromatic N) is 1. The van der Waals surface area contributed by atoms with Crippen molar-refractivity contribution in [3.05, 3.63) is 0 Å². The van der Waals surface area contributed by atoms with E-state index in [-0.39, 0.29) is 0 Å². The van der Waals surface area contributed by atoms with Crippen LogP contribution < -0.4 is 0 Å². The monoisotopic (exact) mass is 183 g/mol. The standard InChI is InChI=1S/C11H21NO/c13-8-6-10-5-7-12(9-10)11-3-1-2-4-11/h10-11,13H,1-9H2. The summed E-state index contributed by atoms with van der Waals surface area (Å²) >= 11 is 0. The van der Waals surface area contributed by atoms with Crippen molar-refractivity contribution in [3.63, 3.8) is 0 Å². The molecule has 1 heterocycles. The van der Waals surface area contributed by atoms with E-state index in [4.69, 9.17) is 5.11 Å². The van der Waals surface area contributed by atoms with Crippen LogP contribution in [0, 0.1) is 5.92 Å². The van der Waals surface area contributed by atoms with E-state index in [9.17, 15) is 0 Å². The highest BCUT2D eigenvalue weighted by molar-refractivity contribution is 4.84. The lowest BCUT2D eigenvalue weighted by atomic mass is 10.1. The molecule has 0 radical (unpaired) electrons. The molecule has 1 atom stereocenters. The fourth-order valence-electron chi connectivity index (χ4n) is 2.88. The van der Waals surface area contributed by atoms with Crippen LogP contribution >= 0.6 is 0 Å². The molecule has 0 aromatic rings. The number of hydrogen-bond acceptors (Lipinski definition) is 2. The molecule has 2 heteroatoms. The average Bonchev–Trinajstić information content (AvgIpc) is 2.70. The SMILES string of the molecule is OCCC1CCN(C2CCCC2)C1. The van der Waals surface area contributed by atoms with Crippen molar-refractivity contribution in [2.24, 2.45) is 5.92 Å². The molecule has 0 aromatic carbocycles. The summed E-state index contributed by atoms with van der Waals surface area (Å²) in [6.45, 7) is 2.92. The normalized spacial score (nSPS) is 31.6. The van der Waals surface area contributed by atoms with E-state index >= 15 is 0 Å². The molecule has 1 N–H and O–H groups in total. The van der Waals surface area contributed by atoms with Gasteiger partial charge in [0.15, 0.2) is 0 Å². The first-order chi connectivity index (χ1) is 6.40. The van der Waals surface area contributed by atoms with Gasteiger partial charge in [0.05, 0.1) is 0 Å². The van der Waals surface area contributed by atoms with Crippen LogP contribution in [0.3, 0.4) is 0 Å². The summed E-state index contributed by atoms with van der Waals surface area (Å²) in [7, 11) is 0. The van der Waals surface area contributed by atoms with Gasteiger partial charge in [-0.3, -0.25) is 0 Å². The molecule has 1 aliphatic carbocycles. The zero-order valence-electron chi connectivity index (χ0n) is 8.41. The lowest BCUT2D eigenvalue weighted by Gasteiger charge is -2.23. The lowest BCUT2D eigenvalue weighted by Crippen LogP contribution is -2.31. The van der Waals surface area contributed by atoms with Crippen LogP contribution in [0.5, 0.6) is 0 Å². The third kappa shape index (κ3) is 2.23. The minimum absolute atomic E-state index is 0.378. The summed E-state index contributed by atoms with van der Waals surface area (Å²) in [6, 6.07) is 0.892. The molecule has 0 spiro atoms. The van der Waals surface area contributed by atoms with Crippen LogP contribution in [0.15, 0.2) is 0 Å². The maximum absolute atomic E-state index is 8.86. The molecule has 1 saturated heterocycles. The molecule has 76 valence electrons. The van der Waals surface area contributed by atoms with Crippen molar-refractivity contribution in [1.29, 1.82) is 0 Å². The first kappa shape index (κ1) is 9.47. The highest BCUT2D eigenvalue weighted by Crippen LogP contribution is 2.29. The molecule has 13 heavy (non-hydrogen) atoms. The van der Waals surface area contributed by atoms with E-state index in [0.29, 0.717) is 6.61 Å². The maximum atomic E-state index is 8.86. The Bertz CT molecular complexity index is 154. The second-order valence-corrected chi connectivity index (χ2v) is 4.60. The van der Waals surface area contributed by atoms with E-state index in [0.717, 1.165) is 18.4 Å². The predicted molar refractivity (Wildman–Crippen MR) is 53.6 cm³/mol. The molecule has 1 saturated carbocycles. The molecule has 0 amide bonds. The van der Waals surface area contributed by atoms with Gasteiger partial charge in [-0.15, -0.1) is 0 Å². The van der Waals surface area contributed by atoms with E-state index < -0.39 is 0 Å². The van der Waals surface area contributed by atoms with Crippen LogP contribution in [0.2, 0.25) is 0 Å². The topological polar surface area (TPSA) is 23.5 Å². The summed E-state index contributed by atoms with van der Waals surface area (Å²) < 4.78 is 0. The summed E-state index contributed by atoms with van der Waals surface area (Å²) in [5.74, 6) is 0.783. The predicted octanol–water partition coefficient (Wildman–Crippen LogP) is 1.63. The van der Waals surface area contributed by atoms with Gasteiger partial charge in [-0.25, -0.2) is 0 Å². The molecule has 1 unspecified atom stereocenters. The third-order valence-electron chi connectivity index (χ3n) is 3.70. The number of aliphatic hydroxyl groups excluding tert-OH is 1. The van der Waals surface area contributed by atoms with Crippen LogP contribution in [0.4, 0.5) is 0 Å². The second-order valence-electron chi connectivity index (χ2n) is 4.60. The van der Waals surface area contributed by atoms with E-state index in [1.54, 1.807) is 0 Å². The van der Waals surface area contributed by atoms with Gasteiger partial charge in [0.1, 0.15) is 0 Å². The molecule has 0 aromatic heterocycles. The largest absolute Gasteiger partial charge is 0.396 e. The first-order valence-electron chi connectivity index (χ1n) is 5.75. The van der Waals surface area contributed by atoms with E-state index in [1.807, 2.05) is 0 Å². The molecule has 2 nitrogen and oxygen atoms in total. The molecule has 2 rings (SSSR count). The zero-order chi connectivity index (χ0) is 9.10. The van der Waals surface area contributed by atoms with Crippen LogP contribution in [-0.2, 0) is 0 Å². The van der Waals surface area contributed by atoms with Gasteiger partial charge in [0, 0.05) is 19.2 Å². The van der Waals surface area contributed by atoms with Gasteiger partial charge in [-0.05, 0) is 38.1 Å². The number of aliphatic hydroxyl groups is 1. The van der Waals surface area contributed by atoms with Gasteiger partial charge in [0.25, 0.3) is 0 Å². The Balaban J connectivity index is 1.76. The van der Waals surface area contributed by atoms with E-state index in [1.165, 1.54) is 45.2 Å². The summed E-state index contributed by atoms with van der Waals surface area (Å²) in [5, 5.41) is 8.86. The zero-order valence-corrected chi connectivity index (χ0v) is 8.41. The Kier molecular flexibility index (Phi) is 3.23. The Morgan fingerprint density at radius 3 is 2.62 bits per heavy atom. The molecule has 2 fully saturated rings. The third-order valence-corrected chi connectivity index (χ3v) is 3.70. The van der Waals surface area contributed by atoms with Crippen molar-refractivity contribution in [2.45, 2.75) is 44.6 Å². The van der Waals surface area contributed by atoms with E-state index in [2.05, 4.69) is 4.90 Å². The van der Waals surface area contributed by atoms with Crippen molar-refractivity contribution in [1.82, 2.24) is 4.90 Å². The van der Waals surface area contributed by atoms with Crippen molar-refractivity contribution in [2.75, 3.05) is 19.7 Å². The quantitative estimate of drug-likeness (QED) is 0.719. The molecular formula is C11H21NO. The Morgan fingerprint density at radius 1 is 1.15 bits per heavy atom. The maximum Gasteiger partial charge on any atom is 0.0434 e. The van der Waals surface area contributed by atoms with Crippen molar-refractivity contribution < 1.29 is 5.11 Å². The Hall–Kier alpha value is -0.0800. The average molecular weight is 183 g/mol. The second kappa shape index (κ2) is 4.43. The minimum Gasteiger partial charge on any atom is -0.396 e. The molecular weight excluding hydrogens is 162 g/mol. The van der Waals surface area contributed by atoms with Gasteiger partial charge in [0.2, 0.25) is 0 Å². The lowest BCUT2D eigenvalue weighted by molar-refractivity contribution is 0.220. The Morgan fingerprint density at radius 2 is 1.92 bits per heavy atom. The molecule has 0 bridgehead atoms. The first-order valence-corrected chi connectivity index (χ1v) is 5.75. The highest BCUT2D eigenvalue weighted by atomic mass is 16.3. The number of rotatable bonds is 3. The number of likely N-dealkylation sites (tertiary alicyclic amines) is 1. The van der Waals surface area contributed by atoms with Gasteiger partial charge < -0.3 is 10.0 Å². The summed E-state index contributed by atoms with van der Waals surface area (Å²) in [4.78, 5) is 2.66. The Labute approximate surface area is 80.9 Å². The van der Waals surface area contributed by atoms with Gasteiger partial charge >= 0.3 is 0 Å². The fraction of sp³-hybridized carbons (Fsp3) is 1.00. The molecule has 2 aliphatic rings. The van der Waals surface area contributed by atoms with Gasteiger partial charge in [-0.2, -0.15) is 0 Å². The van der Waals surface area contributed by atoms with Crippen LogP contribution in [-0.4, -0.2) is 35.7 Å².